The second-order valence-corrected chi connectivity index (χ2v) is 21.4. The lowest BCUT2D eigenvalue weighted by atomic mass is 10.0. The van der Waals surface area contributed by atoms with Gasteiger partial charge in [0.15, 0.2) is 8.32 Å². The molecule has 0 saturated carbocycles. The van der Waals surface area contributed by atoms with E-state index in [4.69, 9.17) is 13.9 Å². The second-order valence-electron chi connectivity index (χ2n) is 16.6. The molecule has 5 heteroatoms. The largest absolute Gasteiger partial charge is 0.457 e. The van der Waals surface area contributed by atoms with Gasteiger partial charge >= 0.3 is 5.97 Å². The van der Waals surface area contributed by atoms with Crippen LogP contribution in [-0.2, 0) is 18.7 Å². The summed E-state index contributed by atoms with van der Waals surface area (Å²) in [4.78, 5) is 12.7. The molecule has 4 nitrogen and oxygen atoms in total. The lowest BCUT2D eigenvalue weighted by Crippen LogP contribution is -2.44. The molecule has 0 N–H and O–H groups in total. The van der Waals surface area contributed by atoms with E-state index in [-0.39, 0.29) is 17.1 Å². The quantitative estimate of drug-likeness (QED) is 0.0368. The Morgan fingerprint density at radius 3 is 1.19 bits per heavy atom. The van der Waals surface area contributed by atoms with Crippen molar-refractivity contribution in [3.05, 3.63) is 0 Å². The van der Waals surface area contributed by atoms with Crippen molar-refractivity contribution in [1.29, 1.82) is 0 Å². The Hall–Kier alpha value is -0.393. The van der Waals surface area contributed by atoms with Crippen molar-refractivity contribution < 1.29 is 18.7 Å². The predicted molar refractivity (Wildman–Crippen MR) is 214 cm³/mol. The van der Waals surface area contributed by atoms with Crippen LogP contribution in [0.4, 0.5) is 0 Å². The summed E-state index contributed by atoms with van der Waals surface area (Å²) >= 11 is 0. The van der Waals surface area contributed by atoms with Crippen LogP contribution in [0.25, 0.3) is 0 Å². The molecule has 0 aromatic heterocycles. The van der Waals surface area contributed by atoms with Gasteiger partial charge in [-0.2, -0.15) is 0 Å². The fourth-order valence-electron chi connectivity index (χ4n) is 6.13. The first-order chi connectivity index (χ1) is 23.1. The van der Waals surface area contributed by atoms with E-state index >= 15 is 0 Å². The van der Waals surface area contributed by atoms with E-state index in [9.17, 15) is 4.79 Å². The molecule has 0 radical (unpaired) electrons. The summed E-state index contributed by atoms with van der Waals surface area (Å²) in [6.45, 7) is 17.5. The first-order valence-corrected chi connectivity index (χ1v) is 24.5. The van der Waals surface area contributed by atoms with Crippen LogP contribution in [0, 0.1) is 0 Å². The molecule has 0 unspecified atom stereocenters. The summed E-state index contributed by atoms with van der Waals surface area (Å²) in [5, 5.41) is 0.130. The average molecular weight is 697 g/mol. The maximum atomic E-state index is 12.7. The molecule has 0 aliphatic heterocycles. The number of rotatable bonds is 37. The Balaban J connectivity index is 4.03. The molecule has 0 bridgehead atoms. The molecule has 0 aromatic rings. The normalized spacial score (nSPS) is 12.9. The topological polar surface area (TPSA) is 44.8 Å². The van der Waals surface area contributed by atoms with Crippen LogP contribution in [0.2, 0.25) is 18.1 Å². The molecule has 0 aliphatic rings. The minimum Gasteiger partial charge on any atom is -0.457 e. The van der Waals surface area contributed by atoms with Crippen LogP contribution in [0.5, 0.6) is 0 Å². The van der Waals surface area contributed by atoms with Crippen LogP contribution < -0.4 is 0 Å². The number of carbonyl (C=O) groups is 1. The van der Waals surface area contributed by atoms with Gasteiger partial charge in [0.25, 0.3) is 0 Å². The summed E-state index contributed by atoms with van der Waals surface area (Å²) in [6, 6.07) is 0. The van der Waals surface area contributed by atoms with Gasteiger partial charge in [0.1, 0.15) is 6.10 Å². The summed E-state index contributed by atoms with van der Waals surface area (Å²) in [5.74, 6) is -0.0899. The minimum absolute atomic E-state index is 0.0899. The molecule has 0 rings (SSSR count). The van der Waals surface area contributed by atoms with Crippen LogP contribution in [-0.4, -0.2) is 40.2 Å². The van der Waals surface area contributed by atoms with E-state index in [1.807, 2.05) is 0 Å². The lowest BCUT2D eigenvalue weighted by molar-refractivity contribution is -0.154. The molecule has 0 amide bonds. The van der Waals surface area contributed by atoms with E-state index in [1.54, 1.807) is 0 Å². The molecule has 0 fully saturated rings. The fraction of sp³-hybridized carbons (Fsp3) is 0.977. The van der Waals surface area contributed by atoms with Crippen molar-refractivity contribution in [2.75, 3.05) is 19.8 Å². The van der Waals surface area contributed by atoms with E-state index in [0.717, 1.165) is 25.9 Å². The molecule has 0 aliphatic carbocycles. The average Bonchev–Trinajstić information content (AvgIpc) is 3.04. The van der Waals surface area contributed by atoms with Crippen molar-refractivity contribution in [3.8, 4) is 0 Å². The SMILES string of the molecule is CCCCCCCCCCCCCCCCCCOC[C@H](CO[Si](C)(C)C(C)(C)C)OC(=O)CCCCCCCCCCCCCCC. The van der Waals surface area contributed by atoms with Gasteiger partial charge in [-0.05, 0) is 31.0 Å². The summed E-state index contributed by atoms with van der Waals surface area (Å²) in [5.41, 5.74) is 0. The van der Waals surface area contributed by atoms with E-state index < -0.39 is 8.32 Å². The van der Waals surface area contributed by atoms with E-state index in [2.05, 4.69) is 47.7 Å². The van der Waals surface area contributed by atoms with Crippen LogP contribution in [0.15, 0.2) is 0 Å². The summed E-state index contributed by atoms with van der Waals surface area (Å²) in [7, 11) is -1.92. The number of hydrogen-bond acceptors (Lipinski definition) is 4. The van der Waals surface area contributed by atoms with Gasteiger partial charge in [0.05, 0.1) is 13.2 Å². The third-order valence-corrected chi connectivity index (χ3v) is 15.2. The highest BCUT2D eigenvalue weighted by Gasteiger charge is 2.38. The highest BCUT2D eigenvalue weighted by Crippen LogP contribution is 2.36. The predicted octanol–water partition coefficient (Wildman–Crippen LogP) is 14.7. The Bertz CT molecular complexity index is 674. The van der Waals surface area contributed by atoms with Crippen molar-refractivity contribution in [2.45, 2.75) is 251 Å². The van der Waals surface area contributed by atoms with Gasteiger partial charge < -0.3 is 13.9 Å². The molecule has 48 heavy (non-hydrogen) atoms. The maximum absolute atomic E-state index is 12.7. The minimum atomic E-state index is -1.92. The molecule has 0 heterocycles. The maximum Gasteiger partial charge on any atom is 0.306 e. The Morgan fingerprint density at radius 2 is 0.833 bits per heavy atom. The Labute approximate surface area is 303 Å². The van der Waals surface area contributed by atoms with Gasteiger partial charge in [-0.15, -0.1) is 0 Å². The summed E-state index contributed by atoms with van der Waals surface area (Å²) in [6.07, 6.45) is 39.2. The molecule has 1 atom stereocenters. The molecular formula is C43H88O4Si. The molecule has 288 valence electrons. The monoisotopic (exact) mass is 697 g/mol. The third kappa shape index (κ3) is 31.6. The third-order valence-electron chi connectivity index (χ3n) is 10.7. The van der Waals surface area contributed by atoms with Crippen molar-refractivity contribution in [2.24, 2.45) is 0 Å². The number of hydrogen-bond donors (Lipinski definition) is 0. The first kappa shape index (κ1) is 47.6. The zero-order valence-corrected chi connectivity index (χ0v) is 35.0. The molecule has 0 saturated heterocycles. The van der Waals surface area contributed by atoms with E-state index in [0.29, 0.717) is 19.6 Å². The molecular weight excluding hydrogens is 609 g/mol. The van der Waals surface area contributed by atoms with Gasteiger partial charge in [-0.25, -0.2) is 0 Å². The zero-order valence-electron chi connectivity index (χ0n) is 34.0. The standard InChI is InChI=1S/C43H88O4Si/c1-8-10-12-14-16-18-20-22-23-24-26-28-30-32-34-36-38-45-39-41(40-46-48(6,7)43(3,4)5)47-42(44)37-35-33-31-29-27-25-21-19-17-15-13-11-9-2/h41H,8-40H2,1-7H3/t41-/m1/s1. The van der Waals surface area contributed by atoms with Gasteiger partial charge in [0, 0.05) is 13.0 Å². The fourth-order valence-corrected chi connectivity index (χ4v) is 7.17. The number of unbranched alkanes of at least 4 members (excludes halogenated alkanes) is 27. The van der Waals surface area contributed by atoms with Gasteiger partial charge in [0.2, 0.25) is 0 Å². The Kier molecular flexibility index (Phi) is 33.5. The van der Waals surface area contributed by atoms with Gasteiger partial charge in [-0.1, -0.05) is 208 Å². The van der Waals surface area contributed by atoms with Crippen LogP contribution in [0.1, 0.15) is 227 Å². The number of esters is 1. The number of carbonyl (C=O) groups excluding carboxylic acids is 1. The van der Waals surface area contributed by atoms with Crippen LogP contribution in [0.3, 0.4) is 0 Å². The molecule has 0 spiro atoms. The first-order valence-electron chi connectivity index (χ1n) is 21.5. The zero-order chi connectivity index (χ0) is 35.6. The van der Waals surface area contributed by atoms with Gasteiger partial charge in [-0.3, -0.25) is 4.79 Å². The second kappa shape index (κ2) is 33.7. The summed E-state index contributed by atoms with van der Waals surface area (Å²) < 4.78 is 18.4. The van der Waals surface area contributed by atoms with Crippen LogP contribution >= 0.6 is 0 Å². The number of ether oxygens (including phenoxy) is 2. The lowest BCUT2D eigenvalue weighted by Gasteiger charge is -2.37. The highest BCUT2D eigenvalue weighted by atomic mass is 28.4. The van der Waals surface area contributed by atoms with Crippen molar-refractivity contribution >= 4 is 14.3 Å². The van der Waals surface area contributed by atoms with E-state index in [1.165, 1.54) is 167 Å². The van der Waals surface area contributed by atoms with Crippen molar-refractivity contribution in [1.82, 2.24) is 0 Å². The highest BCUT2D eigenvalue weighted by molar-refractivity contribution is 6.74. The smallest absolute Gasteiger partial charge is 0.306 e. The Morgan fingerprint density at radius 1 is 0.500 bits per heavy atom. The van der Waals surface area contributed by atoms with Crippen molar-refractivity contribution in [3.63, 3.8) is 0 Å². The molecule has 0 aromatic carbocycles.